The van der Waals surface area contributed by atoms with Crippen LogP contribution in [0.25, 0.3) is 0 Å². The van der Waals surface area contributed by atoms with Crippen molar-refractivity contribution in [3.05, 3.63) is 9.93 Å². The second kappa shape index (κ2) is 10.4. The summed E-state index contributed by atoms with van der Waals surface area (Å²) < 4.78 is 22.7. The molecule has 0 radical (unpaired) electrons. The second-order valence-electron chi connectivity index (χ2n) is 7.65. The fourth-order valence-electron chi connectivity index (χ4n) is 3.82. The van der Waals surface area contributed by atoms with Crippen molar-refractivity contribution >= 4 is 46.6 Å². The highest BCUT2D eigenvalue weighted by Crippen LogP contribution is 2.56. The van der Waals surface area contributed by atoms with E-state index in [1.807, 2.05) is 13.8 Å². The van der Waals surface area contributed by atoms with Crippen LogP contribution >= 0.6 is 23.5 Å². The average molecular weight is 480 g/mol. The van der Waals surface area contributed by atoms with Crippen LogP contribution in [-0.2, 0) is 30.2 Å². The second-order valence-corrected chi connectivity index (χ2v) is 12.0. The van der Waals surface area contributed by atoms with Gasteiger partial charge in [-0.1, -0.05) is 36.8 Å². The van der Waals surface area contributed by atoms with Crippen molar-refractivity contribution in [1.82, 2.24) is 4.90 Å². The highest BCUT2D eigenvalue weighted by atomic mass is 32.2. The Hall–Kier alpha value is -0.590. The van der Waals surface area contributed by atoms with Gasteiger partial charge < -0.3 is 29.1 Å². The Morgan fingerprint density at radius 3 is 2.63 bits per heavy atom. The molecule has 3 heterocycles. The van der Waals surface area contributed by atoms with Gasteiger partial charge in [0.25, 0.3) is 0 Å². The molecule has 8 nitrogen and oxygen atoms in total. The van der Waals surface area contributed by atoms with Crippen LogP contribution in [0.1, 0.15) is 40.0 Å². The Morgan fingerprint density at radius 2 is 2.07 bits per heavy atom. The van der Waals surface area contributed by atoms with Crippen LogP contribution < -0.4 is 0 Å². The third kappa shape index (κ3) is 4.91. The molecule has 0 aromatic heterocycles. The molecule has 170 valence electrons. The fraction of sp³-hybridized carbons (Fsp3) is 0.789. The number of aliphatic hydroxyl groups excluding tert-OH is 2. The van der Waals surface area contributed by atoms with Crippen LogP contribution in [0, 0.1) is 11.8 Å². The van der Waals surface area contributed by atoms with E-state index >= 15 is 0 Å². The van der Waals surface area contributed by atoms with Crippen LogP contribution in [-0.4, -0.2) is 72.9 Å². The van der Waals surface area contributed by atoms with Crippen molar-refractivity contribution in [1.29, 1.82) is 0 Å². The van der Waals surface area contributed by atoms with E-state index in [0.717, 1.165) is 6.42 Å². The number of nitrogens with zero attached hydrogens (tertiary/aromatic N) is 1. The van der Waals surface area contributed by atoms with Gasteiger partial charge in [-0.25, -0.2) is 4.79 Å². The van der Waals surface area contributed by atoms with Crippen LogP contribution in [0.5, 0.6) is 0 Å². The number of esters is 2. The summed E-state index contributed by atoms with van der Waals surface area (Å²) in [5, 5.41) is 20.4. The zero-order chi connectivity index (χ0) is 22.0. The quantitative estimate of drug-likeness (QED) is 0.287. The number of rotatable bonds is 9. The molecular weight excluding hydrogens is 450 g/mol. The summed E-state index contributed by atoms with van der Waals surface area (Å²) in [5.41, 5.74) is 0.232. The maximum Gasteiger partial charge on any atom is 0.359 e. The van der Waals surface area contributed by atoms with Crippen LogP contribution in [0.15, 0.2) is 9.93 Å². The van der Waals surface area contributed by atoms with E-state index in [1.165, 1.54) is 23.5 Å². The van der Waals surface area contributed by atoms with E-state index in [-0.39, 0.29) is 28.2 Å². The highest BCUT2D eigenvalue weighted by Gasteiger charge is 2.58. The molecule has 0 saturated carbocycles. The molecule has 3 rings (SSSR count). The third-order valence-electron chi connectivity index (χ3n) is 5.69. The molecule has 2 saturated heterocycles. The molecule has 2 fully saturated rings. The Labute approximate surface area is 188 Å². The molecule has 3 aliphatic rings. The molecule has 1 unspecified atom stereocenters. The van der Waals surface area contributed by atoms with Gasteiger partial charge in [0.15, 0.2) is 0 Å². The Morgan fingerprint density at radius 1 is 1.37 bits per heavy atom. The molecule has 0 aromatic rings. The van der Waals surface area contributed by atoms with Crippen molar-refractivity contribution in [3.8, 4) is 0 Å². The van der Waals surface area contributed by atoms with Gasteiger partial charge in [-0.05, 0) is 19.8 Å². The first kappa shape index (κ1) is 24.1. The zero-order valence-corrected chi connectivity index (χ0v) is 19.8. The fourth-order valence-corrected chi connectivity index (χ4v) is 9.15. The number of carbonyl (C=O) groups excluding carboxylic acids is 2. The van der Waals surface area contributed by atoms with Gasteiger partial charge in [-0.15, -0.1) is 11.8 Å². The normalized spacial score (nSPS) is 31.6. The van der Waals surface area contributed by atoms with Crippen molar-refractivity contribution in [2.24, 2.45) is 11.8 Å². The first-order valence-electron chi connectivity index (χ1n) is 10.2. The predicted molar refractivity (Wildman–Crippen MR) is 116 cm³/mol. The Bertz CT molecular complexity index is 685. The minimum Gasteiger partial charge on any atom is -0.616 e. The molecule has 0 aliphatic carbocycles. The summed E-state index contributed by atoms with van der Waals surface area (Å²) >= 11 is 2.05. The van der Waals surface area contributed by atoms with Gasteiger partial charge in [-0.2, -0.15) is 0 Å². The van der Waals surface area contributed by atoms with Crippen molar-refractivity contribution < 1.29 is 33.8 Å². The summed E-state index contributed by atoms with van der Waals surface area (Å²) in [6, 6.07) is 0. The van der Waals surface area contributed by atoms with Crippen LogP contribution in [0.4, 0.5) is 0 Å². The molecule has 6 atom stereocenters. The molecule has 2 N–H and O–H groups in total. The zero-order valence-electron chi connectivity index (χ0n) is 17.3. The predicted octanol–water partition coefficient (Wildman–Crippen LogP) is 1.59. The molecular formula is C19H29NO7S3. The standard InChI is InChI=1S/C19H29NO7S3/c1-4-11(5-2)17(23)26-9-27-18(24)14-19(28-12-6-7-30(25)8-12)29-16-13(10(3)21)15(22)20(14)16/h10-13,15-16,21-22H,4-9H2,1-3H3/t10-,12+,13+,15?,16-,30-/m1/s1. The minimum atomic E-state index is -0.993. The van der Waals surface area contributed by atoms with E-state index in [2.05, 4.69) is 0 Å². The smallest absolute Gasteiger partial charge is 0.359 e. The van der Waals surface area contributed by atoms with E-state index in [9.17, 15) is 24.4 Å². The summed E-state index contributed by atoms with van der Waals surface area (Å²) in [6.07, 6.45) is 0.376. The van der Waals surface area contributed by atoms with Gasteiger partial charge >= 0.3 is 11.9 Å². The van der Waals surface area contributed by atoms with Crippen molar-refractivity contribution in [2.45, 2.75) is 63.0 Å². The van der Waals surface area contributed by atoms with Gasteiger partial charge in [0.1, 0.15) is 23.4 Å². The first-order valence-corrected chi connectivity index (χ1v) is 13.4. The number of hydrogen-bond acceptors (Lipinski definition) is 10. The summed E-state index contributed by atoms with van der Waals surface area (Å²) in [4.78, 5) is 26.4. The lowest BCUT2D eigenvalue weighted by Crippen LogP contribution is -2.63. The number of carbonyl (C=O) groups is 2. The Kier molecular flexibility index (Phi) is 8.30. The summed E-state index contributed by atoms with van der Waals surface area (Å²) in [6.45, 7) is 4.92. The molecule has 0 bridgehead atoms. The molecule has 30 heavy (non-hydrogen) atoms. The van der Waals surface area contributed by atoms with Crippen molar-refractivity contribution in [3.63, 3.8) is 0 Å². The van der Waals surface area contributed by atoms with Gasteiger partial charge in [0, 0.05) is 6.42 Å². The summed E-state index contributed by atoms with van der Waals surface area (Å²) in [7, 11) is 0. The van der Waals surface area contributed by atoms with Gasteiger partial charge in [0.05, 0.1) is 32.8 Å². The highest BCUT2D eigenvalue weighted by molar-refractivity contribution is 8.23. The maximum atomic E-state index is 12.8. The third-order valence-corrected chi connectivity index (χ3v) is 10.3. The first-order chi connectivity index (χ1) is 14.3. The topological polar surface area (TPSA) is 119 Å². The van der Waals surface area contributed by atoms with Crippen LogP contribution in [0.3, 0.4) is 0 Å². The van der Waals surface area contributed by atoms with E-state index in [1.54, 1.807) is 11.8 Å². The molecule has 11 heteroatoms. The maximum absolute atomic E-state index is 12.8. The van der Waals surface area contributed by atoms with Crippen LogP contribution in [0.2, 0.25) is 0 Å². The van der Waals surface area contributed by atoms with E-state index in [4.69, 9.17) is 9.47 Å². The summed E-state index contributed by atoms with van der Waals surface area (Å²) in [5.74, 6) is -0.479. The van der Waals surface area contributed by atoms with E-state index < -0.39 is 42.2 Å². The lowest BCUT2D eigenvalue weighted by atomic mass is 9.91. The molecule has 0 amide bonds. The Balaban J connectivity index is 1.67. The number of hydrogen-bond donors (Lipinski definition) is 2. The van der Waals surface area contributed by atoms with Gasteiger partial charge in [-0.3, -0.25) is 4.79 Å². The number of thioether (sulfide) groups is 2. The van der Waals surface area contributed by atoms with Gasteiger partial charge in [0.2, 0.25) is 6.79 Å². The largest absolute Gasteiger partial charge is 0.616 e. The lowest BCUT2D eigenvalue weighted by Gasteiger charge is -2.50. The van der Waals surface area contributed by atoms with Crippen molar-refractivity contribution in [2.75, 3.05) is 18.3 Å². The SMILES string of the molecule is CCC(CC)C(=O)OCOC(=O)C1=C(S[C@H]2CC[S@@+]([O-])C2)S[C@@H]2[C@@H]([C@@H](C)O)C(O)N12. The number of ether oxygens (including phenoxy) is 2. The molecule has 0 aromatic carbocycles. The number of fused-ring (bicyclic) bond motifs is 1. The number of aliphatic hydroxyl groups is 2. The molecule has 3 aliphatic heterocycles. The average Bonchev–Trinajstić information content (AvgIpc) is 3.23. The minimum absolute atomic E-state index is 0.129. The lowest BCUT2D eigenvalue weighted by molar-refractivity contribution is -0.180. The van der Waals surface area contributed by atoms with E-state index in [0.29, 0.717) is 28.6 Å². The molecule has 0 spiro atoms. The monoisotopic (exact) mass is 479 g/mol.